The highest BCUT2D eigenvalue weighted by atomic mass is 32.1. The van der Waals surface area contributed by atoms with E-state index in [4.69, 9.17) is 4.98 Å². The van der Waals surface area contributed by atoms with Crippen LogP contribution >= 0.6 is 11.3 Å². The summed E-state index contributed by atoms with van der Waals surface area (Å²) in [5.41, 5.74) is 2.90. The van der Waals surface area contributed by atoms with Crippen LogP contribution in [-0.2, 0) is 0 Å². The highest BCUT2D eigenvalue weighted by Crippen LogP contribution is 2.33. The quantitative estimate of drug-likeness (QED) is 0.773. The molecule has 2 aromatic heterocycles. The zero-order valence-electron chi connectivity index (χ0n) is 13.7. The lowest BCUT2D eigenvalue weighted by Gasteiger charge is -2.12. The van der Waals surface area contributed by atoms with Gasteiger partial charge in [0.2, 0.25) is 0 Å². The van der Waals surface area contributed by atoms with E-state index in [2.05, 4.69) is 69.4 Å². The second-order valence-electron chi connectivity index (χ2n) is 6.02. The first-order valence-electron chi connectivity index (χ1n) is 7.85. The van der Waals surface area contributed by atoms with Crippen LogP contribution in [0.25, 0.3) is 21.0 Å². The first-order valence-corrected chi connectivity index (χ1v) is 8.73. The van der Waals surface area contributed by atoms with Crippen molar-refractivity contribution >= 4 is 43.9 Å². The number of hydrogen-bond acceptors (Lipinski definition) is 7. The smallest absolute Gasteiger partial charge is 0.144 e. The molecule has 3 heterocycles. The Bertz CT molecular complexity index is 956. The lowest BCUT2D eigenvalue weighted by atomic mass is 10.1. The lowest BCUT2D eigenvalue weighted by molar-refractivity contribution is 0.425. The van der Waals surface area contributed by atoms with Crippen LogP contribution in [0.2, 0.25) is 0 Å². The van der Waals surface area contributed by atoms with Gasteiger partial charge in [0.15, 0.2) is 0 Å². The fourth-order valence-corrected chi connectivity index (χ4v) is 3.66. The SMILES string of the molecule is CN(C)CCNc1nc2cc(C3=NN=NC3)ccc2c2ccsc12. The van der Waals surface area contributed by atoms with E-state index in [9.17, 15) is 0 Å². The summed E-state index contributed by atoms with van der Waals surface area (Å²) in [5.74, 6) is 0.953. The van der Waals surface area contributed by atoms with Gasteiger partial charge in [-0.15, -0.1) is 16.4 Å². The van der Waals surface area contributed by atoms with Crippen LogP contribution in [0, 0.1) is 0 Å². The molecule has 0 aliphatic carbocycles. The Morgan fingerprint density at radius 3 is 2.92 bits per heavy atom. The Kier molecular flexibility index (Phi) is 3.95. The Morgan fingerprint density at radius 1 is 1.21 bits per heavy atom. The Labute approximate surface area is 143 Å². The minimum atomic E-state index is 0.542. The van der Waals surface area contributed by atoms with E-state index in [1.165, 1.54) is 15.5 Å². The normalized spacial score (nSPS) is 14.0. The molecule has 6 nitrogen and oxygen atoms in total. The van der Waals surface area contributed by atoms with Gasteiger partial charge in [-0.1, -0.05) is 12.1 Å². The summed E-state index contributed by atoms with van der Waals surface area (Å²) in [6.45, 7) is 2.37. The largest absolute Gasteiger partial charge is 0.368 e. The molecule has 3 aromatic rings. The molecular formula is C17H18N6S. The zero-order chi connectivity index (χ0) is 16.5. The predicted molar refractivity (Wildman–Crippen MR) is 100 cm³/mol. The molecule has 1 aliphatic rings. The topological polar surface area (TPSA) is 65.2 Å². The molecule has 0 unspecified atom stereocenters. The van der Waals surface area contributed by atoms with E-state index in [0.29, 0.717) is 6.54 Å². The molecule has 1 aromatic carbocycles. The van der Waals surface area contributed by atoms with Crippen LogP contribution in [0.1, 0.15) is 5.56 Å². The third-order valence-corrected chi connectivity index (χ3v) is 4.96. The van der Waals surface area contributed by atoms with Crippen LogP contribution in [0.15, 0.2) is 45.1 Å². The van der Waals surface area contributed by atoms with Crippen LogP contribution in [-0.4, -0.2) is 49.3 Å². The van der Waals surface area contributed by atoms with Crippen molar-refractivity contribution in [3.8, 4) is 0 Å². The fourth-order valence-electron chi connectivity index (χ4n) is 2.79. The zero-order valence-corrected chi connectivity index (χ0v) is 14.5. The molecule has 0 saturated carbocycles. The summed E-state index contributed by atoms with van der Waals surface area (Å²) < 4.78 is 1.21. The van der Waals surface area contributed by atoms with Gasteiger partial charge in [0.1, 0.15) is 12.4 Å². The summed E-state index contributed by atoms with van der Waals surface area (Å²) in [5, 5.41) is 19.7. The molecule has 4 rings (SSSR count). The number of fused-ring (bicyclic) bond motifs is 3. The minimum absolute atomic E-state index is 0.542. The summed E-state index contributed by atoms with van der Waals surface area (Å²) in [4.78, 5) is 7.02. The van der Waals surface area contributed by atoms with Gasteiger partial charge in [0, 0.05) is 29.4 Å². The third kappa shape index (κ3) is 2.76. The number of rotatable bonds is 5. The fraction of sp³-hybridized carbons (Fsp3) is 0.294. The summed E-state index contributed by atoms with van der Waals surface area (Å²) in [6, 6.07) is 8.45. The summed E-state index contributed by atoms with van der Waals surface area (Å²) in [7, 11) is 4.14. The molecule has 1 N–H and O–H groups in total. The molecule has 0 atom stereocenters. The summed E-state index contributed by atoms with van der Waals surface area (Å²) >= 11 is 1.72. The van der Waals surface area contributed by atoms with Crippen molar-refractivity contribution in [2.45, 2.75) is 0 Å². The molecular weight excluding hydrogens is 320 g/mol. The van der Waals surface area contributed by atoms with Gasteiger partial charge in [0.25, 0.3) is 0 Å². The average Bonchev–Trinajstić information content (AvgIpc) is 3.26. The Hall–Kier alpha value is -2.38. The molecule has 122 valence electrons. The first kappa shape index (κ1) is 15.2. The van der Waals surface area contributed by atoms with Crippen molar-refractivity contribution < 1.29 is 0 Å². The number of likely N-dealkylation sites (N-methyl/N-ethyl adjacent to an activating group) is 1. The van der Waals surface area contributed by atoms with Gasteiger partial charge < -0.3 is 10.2 Å². The van der Waals surface area contributed by atoms with Crippen molar-refractivity contribution in [1.29, 1.82) is 0 Å². The second-order valence-corrected chi connectivity index (χ2v) is 6.94. The molecule has 1 aliphatic heterocycles. The van der Waals surface area contributed by atoms with Gasteiger partial charge in [-0.25, -0.2) is 4.98 Å². The molecule has 0 amide bonds. The maximum atomic E-state index is 4.87. The number of benzene rings is 1. The second kappa shape index (κ2) is 6.26. The number of nitrogens with one attached hydrogen (secondary N) is 1. The number of nitrogens with zero attached hydrogens (tertiary/aromatic N) is 5. The van der Waals surface area contributed by atoms with Crippen LogP contribution in [0.3, 0.4) is 0 Å². The van der Waals surface area contributed by atoms with Crippen molar-refractivity contribution in [2.24, 2.45) is 15.4 Å². The first-order chi connectivity index (χ1) is 11.7. The van der Waals surface area contributed by atoms with Gasteiger partial charge in [0.05, 0.1) is 15.9 Å². The lowest BCUT2D eigenvalue weighted by Crippen LogP contribution is -2.21. The maximum Gasteiger partial charge on any atom is 0.144 e. The molecule has 0 bridgehead atoms. The standard InChI is InChI=1S/C17H18N6S/c1-23(2)7-6-18-17-16-13(5-8-24-16)12-4-3-11(9-14(12)20-17)15-10-19-22-21-15/h3-5,8-9H,6-7,10H2,1-2H3,(H,18,20). The number of anilines is 1. The molecule has 0 radical (unpaired) electrons. The van der Waals surface area contributed by atoms with E-state index in [-0.39, 0.29) is 0 Å². The van der Waals surface area contributed by atoms with Crippen LogP contribution in [0.4, 0.5) is 5.82 Å². The highest BCUT2D eigenvalue weighted by molar-refractivity contribution is 7.18. The van der Waals surface area contributed by atoms with E-state index in [1.54, 1.807) is 11.3 Å². The number of thiophene rings is 1. The van der Waals surface area contributed by atoms with Crippen molar-refractivity contribution in [2.75, 3.05) is 39.0 Å². The average molecular weight is 338 g/mol. The van der Waals surface area contributed by atoms with Gasteiger partial charge in [-0.3, -0.25) is 0 Å². The number of aromatic nitrogens is 1. The highest BCUT2D eigenvalue weighted by Gasteiger charge is 2.13. The van der Waals surface area contributed by atoms with Crippen molar-refractivity contribution in [3.05, 3.63) is 35.2 Å². The monoisotopic (exact) mass is 338 g/mol. The maximum absolute atomic E-state index is 4.87. The molecule has 0 spiro atoms. The molecule has 0 saturated heterocycles. The predicted octanol–water partition coefficient (Wildman–Crippen LogP) is 3.59. The van der Waals surface area contributed by atoms with Crippen molar-refractivity contribution in [1.82, 2.24) is 9.88 Å². The van der Waals surface area contributed by atoms with Gasteiger partial charge in [-0.05, 0) is 36.8 Å². The Balaban J connectivity index is 1.77. The van der Waals surface area contributed by atoms with Crippen LogP contribution < -0.4 is 5.32 Å². The Morgan fingerprint density at radius 2 is 2.12 bits per heavy atom. The van der Waals surface area contributed by atoms with E-state index < -0.39 is 0 Å². The van der Waals surface area contributed by atoms with Crippen LogP contribution in [0.5, 0.6) is 0 Å². The summed E-state index contributed by atoms with van der Waals surface area (Å²) in [6.07, 6.45) is 0. The van der Waals surface area contributed by atoms with Crippen molar-refractivity contribution in [3.63, 3.8) is 0 Å². The van der Waals surface area contributed by atoms with E-state index in [1.807, 2.05) is 0 Å². The molecule has 24 heavy (non-hydrogen) atoms. The van der Waals surface area contributed by atoms with E-state index in [0.717, 1.165) is 35.7 Å². The molecule has 0 fully saturated rings. The van der Waals surface area contributed by atoms with Gasteiger partial charge in [-0.2, -0.15) is 5.11 Å². The van der Waals surface area contributed by atoms with E-state index >= 15 is 0 Å². The number of pyridine rings is 1. The van der Waals surface area contributed by atoms with Gasteiger partial charge >= 0.3 is 0 Å². The minimum Gasteiger partial charge on any atom is -0.368 e. The number of hydrogen-bond donors (Lipinski definition) is 1. The third-order valence-electron chi connectivity index (χ3n) is 4.03. The molecule has 7 heteroatoms.